The van der Waals surface area contributed by atoms with Crippen molar-refractivity contribution in [3.05, 3.63) is 41.4 Å². The minimum atomic E-state index is -0.653. The number of rotatable bonds is 3. The minimum absolute atomic E-state index is 0.0441. The molecule has 3 aromatic heterocycles. The van der Waals surface area contributed by atoms with Crippen molar-refractivity contribution in [2.45, 2.75) is 44.2 Å². The first kappa shape index (κ1) is 20.3. The molecule has 5 N–H and O–H groups in total. The Labute approximate surface area is 188 Å². The fourth-order valence-electron chi connectivity index (χ4n) is 5.38. The summed E-state index contributed by atoms with van der Waals surface area (Å²) < 4.78 is 21.2. The van der Waals surface area contributed by atoms with Crippen LogP contribution in [0, 0.1) is 18.7 Å². The summed E-state index contributed by atoms with van der Waals surface area (Å²) in [6.45, 7) is 1.79. The largest absolute Gasteiger partial charge is 0.421 e. The first-order valence-electron chi connectivity index (χ1n) is 11.1. The minimum Gasteiger partial charge on any atom is -0.421 e. The topological polar surface area (TPSA) is 135 Å². The number of anilines is 1. The predicted octanol–water partition coefficient (Wildman–Crippen LogP) is 2.92. The molecular weight excluding hydrogens is 425 g/mol. The van der Waals surface area contributed by atoms with E-state index in [0.29, 0.717) is 47.7 Å². The molecule has 0 spiro atoms. The molecular formula is C23H24FN7O2. The lowest BCUT2D eigenvalue weighted by Crippen LogP contribution is -2.44. The molecule has 4 atom stereocenters. The monoisotopic (exact) mass is 449 g/mol. The van der Waals surface area contributed by atoms with E-state index < -0.39 is 6.10 Å². The van der Waals surface area contributed by atoms with Gasteiger partial charge in [-0.3, -0.25) is 0 Å². The van der Waals surface area contributed by atoms with Crippen molar-refractivity contribution in [2.75, 3.05) is 12.4 Å². The van der Waals surface area contributed by atoms with Gasteiger partial charge in [0.05, 0.1) is 35.4 Å². The average molecular weight is 449 g/mol. The average Bonchev–Trinajstić information content (AvgIpc) is 3.11. The van der Waals surface area contributed by atoms with E-state index in [2.05, 4.69) is 25.3 Å². The molecule has 0 amide bonds. The van der Waals surface area contributed by atoms with Crippen molar-refractivity contribution in [1.82, 2.24) is 24.9 Å². The van der Waals surface area contributed by atoms with Crippen LogP contribution in [0.3, 0.4) is 0 Å². The zero-order chi connectivity index (χ0) is 22.9. The fourth-order valence-corrected chi connectivity index (χ4v) is 5.38. The van der Waals surface area contributed by atoms with Crippen LogP contribution >= 0.6 is 0 Å². The summed E-state index contributed by atoms with van der Waals surface area (Å²) in [5.74, 6) is 0.719. The van der Waals surface area contributed by atoms with Gasteiger partial charge in [-0.1, -0.05) is 0 Å². The van der Waals surface area contributed by atoms with Gasteiger partial charge in [0.25, 0.3) is 0 Å². The van der Waals surface area contributed by atoms with Crippen molar-refractivity contribution >= 4 is 27.6 Å². The summed E-state index contributed by atoms with van der Waals surface area (Å²) in [6.07, 6.45) is 4.03. The van der Waals surface area contributed by atoms with Crippen LogP contribution in [-0.2, 0) is 6.42 Å². The molecule has 2 aliphatic rings. The number of aliphatic hydroxyl groups is 1. The first-order valence-corrected chi connectivity index (χ1v) is 11.1. The van der Waals surface area contributed by atoms with E-state index in [1.807, 2.05) is 0 Å². The van der Waals surface area contributed by atoms with Gasteiger partial charge in [0.15, 0.2) is 5.75 Å². The standard InChI is InChI=1S/C23H24FN7O2/c1-9-27-7-11(8-28-9)33-23-30-20-12-5-17(32)15(25)4-10(12)3-13-14(24)6-16(26-2)21-18(13)19(20)22(29-21)31-23/h6-8,10,12,15,17,26,32H,3-5,25H2,1-2H3,(H,29,30,31). The van der Waals surface area contributed by atoms with Gasteiger partial charge in [-0.05, 0) is 43.7 Å². The van der Waals surface area contributed by atoms with Crippen molar-refractivity contribution < 1.29 is 14.2 Å². The number of hydrogen-bond acceptors (Lipinski definition) is 8. The van der Waals surface area contributed by atoms with E-state index in [-0.39, 0.29) is 29.7 Å². The first-order chi connectivity index (χ1) is 15.9. The van der Waals surface area contributed by atoms with Crippen LogP contribution in [0.15, 0.2) is 18.5 Å². The lowest BCUT2D eigenvalue weighted by atomic mass is 9.72. The lowest BCUT2D eigenvalue weighted by Gasteiger charge is -2.37. The molecule has 4 unspecified atom stereocenters. The normalized spacial score (nSPS) is 24.2. The zero-order valence-corrected chi connectivity index (χ0v) is 18.3. The van der Waals surface area contributed by atoms with Crippen LogP contribution in [0.5, 0.6) is 11.8 Å². The zero-order valence-electron chi connectivity index (χ0n) is 18.3. The van der Waals surface area contributed by atoms with Crippen LogP contribution < -0.4 is 15.8 Å². The Morgan fingerprint density at radius 2 is 2.00 bits per heavy atom. The number of benzene rings is 1. The second-order valence-corrected chi connectivity index (χ2v) is 8.97. The molecule has 0 aliphatic heterocycles. The molecule has 2 aliphatic carbocycles. The van der Waals surface area contributed by atoms with Gasteiger partial charge >= 0.3 is 6.01 Å². The highest BCUT2D eigenvalue weighted by atomic mass is 19.1. The molecule has 1 fully saturated rings. The quantitative estimate of drug-likeness (QED) is 0.375. The van der Waals surface area contributed by atoms with Gasteiger partial charge in [-0.15, -0.1) is 0 Å². The predicted molar refractivity (Wildman–Crippen MR) is 121 cm³/mol. The highest BCUT2D eigenvalue weighted by molar-refractivity contribution is 6.13. The molecule has 10 heteroatoms. The molecule has 170 valence electrons. The van der Waals surface area contributed by atoms with E-state index in [9.17, 15) is 5.11 Å². The number of halogens is 1. The number of aliphatic hydroxyl groups excluding tert-OH is 1. The highest BCUT2D eigenvalue weighted by Crippen LogP contribution is 2.48. The van der Waals surface area contributed by atoms with Gasteiger partial charge in [0, 0.05) is 29.8 Å². The Morgan fingerprint density at radius 3 is 2.76 bits per heavy atom. The molecule has 3 heterocycles. The van der Waals surface area contributed by atoms with Crippen LogP contribution in [0.2, 0.25) is 0 Å². The van der Waals surface area contributed by atoms with Crippen molar-refractivity contribution in [3.63, 3.8) is 0 Å². The SMILES string of the molecule is CNc1cc(F)c2c3c1[nH]c1nc(Oc4cnc(C)nc4)nc(c13)C1CC(O)C(N)CC1C2. The molecule has 1 saturated carbocycles. The smallest absolute Gasteiger partial charge is 0.324 e. The van der Waals surface area contributed by atoms with E-state index in [0.717, 1.165) is 22.0 Å². The van der Waals surface area contributed by atoms with E-state index in [4.69, 9.17) is 15.5 Å². The maximum atomic E-state index is 15.3. The van der Waals surface area contributed by atoms with Gasteiger partial charge in [-0.25, -0.2) is 14.4 Å². The Hall–Kier alpha value is -3.37. The summed E-state index contributed by atoms with van der Waals surface area (Å²) in [5.41, 5.74) is 9.57. The Kier molecular flexibility index (Phi) is 4.49. The highest BCUT2D eigenvalue weighted by Gasteiger charge is 2.41. The number of nitrogens with zero attached hydrogens (tertiary/aromatic N) is 4. The summed E-state index contributed by atoms with van der Waals surface area (Å²) in [7, 11) is 1.76. The number of nitrogens with two attached hydrogens (primary N) is 1. The molecule has 0 saturated heterocycles. The Morgan fingerprint density at radius 1 is 1.21 bits per heavy atom. The second kappa shape index (κ2) is 7.32. The van der Waals surface area contributed by atoms with Crippen LogP contribution in [0.4, 0.5) is 10.1 Å². The van der Waals surface area contributed by atoms with E-state index in [1.54, 1.807) is 26.4 Å². The Balaban J connectivity index is 1.61. The number of aromatic nitrogens is 5. The number of ether oxygens (including phenoxy) is 1. The maximum Gasteiger partial charge on any atom is 0.324 e. The van der Waals surface area contributed by atoms with Crippen LogP contribution in [0.25, 0.3) is 21.9 Å². The third-order valence-electron chi connectivity index (χ3n) is 6.98. The number of nitrogens with one attached hydrogen (secondary N) is 2. The summed E-state index contributed by atoms with van der Waals surface area (Å²) in [6, 6.07) is 1.31. The number of aryl methyl sites for hydroxylation is 1. The molecule has 4 aromatic rings. The molecule has 1 aromatic carbocycles. The third kappa shape index (κ3) is 3.12. The molecule has 9 nitrogen and oxygen atoms in total. The van der Waals surface area contributed by atoms with Gasteiger partial charge in [0.2, 0.25) is 0 Å². The molecule has 0 radical (unpaired) electrons. The van der Waals surface area contributed by atoms with Crippen molar-refractivity contribution in [2.24, 2.45) is 11.7 Å². The summed E-state index contributed by atoms with van der Waals surface area (Å²) in [4.78, 5) is 21.1. The molecule has 0 bridgehead atoms. The number of H-pyrrole nitrogens is 1. The van der Waals surface area contributed by atoms with Crippen LogP contribution in [-0.4, -0.2) is 49.2 Å². The van der Waals surface area contributed by atoms with E-state index >= 15 is 4.39 Å². The van der Waals surface area contributed by atoms with Gasteiger partial charge in [-0.2, -0.15) is 9.97 Å². The van der Waals surface area contributed by atoms with Gasteiger partial charge < -0.3 is 25.9 Å². The third-order valence-corrected chi connectivity index (χ3v) is 6.98. The van der Waals surface area contributed by atoms with Crippen molar-refractivity contribution in [3.8, 4) is 11.8 Å². The number of hydrogen-bond donors (Lipinski definition) is 4. The maximum absolute atomic E-state index is 15.3. The van der Waals surface area contributed by atoms with Crippen molar-refractivity contribution in [1.29, 1.82) is 0 Å². The Bertz CT molecular complexity index is 1390. The second-order valence-electron chi connectivity index (χ2n) is 8.97. The van der Waals surface area contributed by atoms with Crippen LogP contribution in [0.1, 0.15) is 35.8 Å². The summed E-state index contributed by atoms with van der Waals surface area (Å²) >= 11 is 0. The molecule has 6 rings (SSSR count). The number of fused-ring (bicyclic) bond motifs is 2. The van der Waals surface area contributed by atoms with Gasteiger partial charge in [0.1, 0.15) is 17.3 Å². The van der Waals surface area contributed by atoms with E-state index in [1.165, 1.54) is 6.07 Å². The fraction of sp³-hybridized carbons (Fsp3) is 0.391. The lowest BCUT2D eigenvalue weighted by molar-refractivity contribution is 0.0721. The number of aromatic amines is 1. The molecule has 33 heavy (non-hydrogen) atoms. The summed E-state index contributed by atoms with van der Waals surface area (Å²) in [5, 5.41) is 15.2.